The fraction of sp³-hybridized carbons (Fsp3) is 0.0714. The Morgan fingerprint density at radius 1 is 1.26 bits per heavy atom. The summed E-state index contributed by atoms with van der Waals surface area (Å²) in [5.41, 5.74) is 8.08. The second-order valence-corrected chi connectivity index (χ2v) is 4.52. The largest absolute Gasteiger partial charge is 0.397 e. The lowest BCUT2D eigenvalue weighted by Crippen LogP contribution is -2.00. The van der Waals surface area contributed by atoms with Gasteiger partial charge in [-0.25, -0.2) is 4.39 Å². The number of benzene rings is 2. The molecule has 0 aliphatic rings. The van der Waals surface area contributed by atoms with Crippen LogP contribution in [0.25, 0.3) is 0 Å². The number of anilines is 3. The van der Waals surface area contributed by atoms with Gasteiger partial charge in [-0.05, 0) is 43.3 Å². The first-order chi connectivity index (χ1) is 8.97. The van der Waals surface area contributed by atoms with Crippen molar-refractivity contribution in [2.45, 2.75) is 6.92 Å². The number of carbonyl (C=O) groups is 1. The number of hydrogen-bond acceptors (Lipinski definition) is 3. The highest BCUT2D eigenvalue weighted by Gasteiger charge is 2.06. The molecular formula is C14H12ClFN2O. The van der Waals surface area contributed by atoms with Crippen LogP contribution in [0.3, 0.4) is 0 Å². The number of halogens is 2. The maximum absolute atomic E-state index is 13.0. The molecule has 0 heterocycles. The van der Waals surface area contributed by atoms with Crippen LogP contribution in [0.1, 0.15) is 17.3 Å². The molecular weight excluding hydrogens is 267 g/mol. The van der Waals surface area contributed by atoms with Gasteiger partial charge in [-0.1, -0.05) is 11.6 Å². The number of nitrogens with one attached hydrogen (secondary N) is 1. The lowest BCUT2D eigenvalue weighted by atomic mass is 10.1. The molecule has 0 aliphatic carbocycles. The first-order valence-electron chi connectivity index (χ1n) is 5.60. The Labute approximate surface area is 115 Å². The zero-order chi connectivity index (χ0) is 14.0. The molecule has 0 radical (unpaired) electrons. The van der Waals surface area contributed by atoms with E-state index >= 15 is 0 Å². The van der Waals surface area contributed by atoms with Crippen molar-refractivity contribution in [1.29, 1.82) is 0 Å². The summed E-state index contributed by atoms with van der Waals surface area (Å²) in [5, 5.41) is 3.05. The molecule has 3 nitrogen and oxygen atoms in total. The monoisotopic (exact) mass is 278 g/mol. The first kappa shape index (κ1) is 13.4. The SMILES string of the molecule is CC(=O)c1ccc(Nc2ccc(F)c(Cl)c2)c(N)c1. The Kier molecular flexibility index (Phi) is 3.71. The molecule has 0 fully saturated rings. The third-order valence-corrected chi connectivity index (χ3v) is 2.95. The first-order valence-corrected chi connectivity index (χ1v) is 5.97. The lowest BCUT2D eigenvalue weighted by molar-refractivity contribution is 0.101. The molecule has 0 unspecified atom stereocenters. The van der Waals surface area contributed by atoms with Crippen LogP contribution in [0, 0.1) is 5.82 Å². The fourth-order valence-electron chi connectivity index (χ4n) is 1.62. The second-order valence-electron chi connectivity index (χ2n) is 4.11. The molecule has 0 saturated carbocycles. The minimum Gasteiger partial charge on any atom is -0.397 e. The van der Waals surface area contributed by atoms with Crippen molar-refractivity contribution < 1.29 is 9.18 Å². The van der Waals surface area contributed by atoms with Crippen molar-refractivity contribution in [2.75, 3.05) is 11.1 Å². The molecule has 5 heteroatoms. The summed E-state index contributed by atoms with van der Waals surface area (Å²) in [6.07, 6.45) is 0. The third-order valence-electron chi connectivity index (χ3n) is 2.66. The van der Waals surface area contributed by atoms with Crippen molar-refractivity contribution in [3.8, 4) is 0 Å². The van der Waals surface area contributed by atoms with Crippen LogP contribution in [0.4, 0.5) is 21.5 Å². The Bertz CT molecular complexity index is 643. The third kappa shape index (κ3) is 3.03. The number of rotatable bonds is 3. The molecule has 0 saturated heterocycles. The summed E-state index contributed by atoms with van der Waals surface area (Å²) in [6, 6.07) is 9.25. The Morgan fingerprint density at radius 2 is 2.00 bits per heavy atom. The number of ketones is 1. The molecule has 0 bridgehead atoms. The van der Waals surface area contributed by atoms with E-state index < -0.39 is 5.82 Å². The zero-order valence-electron chi connectivity index (χ0n) is 10.2. The molecule has 19 heavy (non-hydrogen) atoms. The van der Waals surface area contributed by atoms with Gasteiger partial charge in [0.15, 0.2) is 5.78 Å². The van der Waals surface area contributed by atoms with Crippen LogP contribution in [-0.2, 0) is 0 Å². The van der Waals surface area contributed by atoms with Crippen molar-refractivity contribution in [3.63, 3.8) is 0 Å². The van der Waals surface area contributed by atoms with Gasteiger partial charge >= 0.3 is 0 Å². The van der Waals surface area contributed by atoms with Crippen molar-refractivity contribution in [1.82, 2.24) is 0 Å². The van der Waals surface area contributed by atoms with Gasteiger partial charge in [-0.3, -0.25) is 4.79 Å². The molecule has 0 aromatic heterocycles. The number of nitrogens with two attached hydrogens (primary N) is 1. The molecule has 98 valence electrons. The predicted molar refractivity (Wildman–Crippen MR) is 75.6 cm³/mol. The van der Waals surface area contributed by atoms with Gasteiger partial charge in [0.2, 0.25) is 0 Å². The van der Waals surface area contributed by atoms with Gasteiger partial charge in [-0.2, -0.15) is 0 Å². The Balaban J connectivity index is 2.28. The van der Waals surface area contributed by atoms with Crippen molar-refractivity contribution >= 4 is 34.4 Å². The molecule has 0 atom stereocenters. The van der Waals surface area contributed by atoms with Gasteiger partial charge < -0.3 is 11.1 Å². The highest BCUT2D eigenvalue weighted by Crippen LogP contribution is 2.26. The van der Waals surface area contributed by atoms with E-state index in [9.17, 15) is 9.18 Å². The summed E-state index contributed by atoms with van der Waals surface area (Å²) >= 11 is 5.70. The van der Waals surface area contributed by atoms with Crippen molar-refractivity contribution in [2.24, 2.45) is 0 Å². The normalized spacial score (nSPS) is 10.3. The quantitative estimate of drug-likeness (QED) is 0.659. The average Bonchev–Trinajstić information content (AvgIpc) is 2.36. The molecule has 2 rings (SSSR count). The number of nitrogen functional groups attached to an aromatic ring is 1. The molecule has 0 aliphatic heterocycles. The van der Waals surface area contributed by atoms with Crippen LogP contribution in [0.2, 0.25) is 5.02 Å². The molecule has 0 amide bonds. The Hall–Kier alpha value is -2.07. The fourth-order valence-corrected chi connectivity index (χ4v) is 1.81. The smallest absolute Gasteiger partial charge is 0.159 e. The highest BCUT2D eigenvalue weighted by molar-refractivity contribution is 6.31. The number of carbonyl (C=O) groups excluding carboxylic acids is 1. The minimum atomic E-state index is -0.480. The van der Waals surface area contributed by atoms with Crippen molar-refractivity contribution in [3.05, 3.63) is 52.8 Å². The summed E-state index contributed by atoms with van der Waals surface area (Å²) in [7, 11) is 0. The van der Waals surface area contributed by atoms with E-state index in [1.807, 2.05) is 0 Å². The van der Waals surface area contributed by atoms with E-state index in [0.29, 0.717) is 22.6 Å². The summed E-state index contributed by atoms with van der Waals surface area (Å²) < 4.78 is 13.0. The van der Waals surface area contributed by atoms with Crippen LogP contribution < -0.4 is 11.1 Å². The van der Waals surface area contributed by atoms with Crippen LogP contribution in [0.15, 0.2) is 36.4 Å². The summed E-state index contributed by atoms with van der Waals surface area (Å²) in [4.78, 5) is 11.2. The second kappa shape index (κ2) is 5.28. The molecule has 2 aromatic rings. The highest BCUT2D eigenvalue weighted by atomic mass is 35.5. The van der Waals surface area contributed by atoms with E-state index in [4.69, 9.17) is 17.3 Å². The van der Waals surface area contributed by atoms with Gasteiger partial charge in [0.25, 0.3) is 0 Å². The van der Waals surface area contributed by atoms with Gasteiger partial charge in [0.1, 0.15) is 5.82 Å². The minimum absolute atomic E-state index is 0.0314. The number of hydrogen-bond donors (Lipinski definition) is 2. The van der Waals surface area contributed by atoms with Gasteiger partial charge in [0.05, 0.1) is 16.4 Å². The van der Waals surface area contributed by atoms with E-state index in [0.717, 1.165) is 0 Å². The maximum Gasteiger partial charge on any atom is 0.159 e. The number of Topliss-reactive ketones (excluding diaryl/α,β-unsaturated/α-hetero) is 1. The van der Waals surface area contributed by atoms with E-state index in [-0.39, 0.29) is 10.8 Å². The Morgan fingerprint density at radius 3 is 2.58 bits per heavy atom. The lowest BCUT2D eigenvalue weighted by Gasteiger charge is -2.10. The van der Waals surface area contributed by atoms with E-state index in [2.05, 4.69) is 5.32 Å². The zero-order valence-corrected chi connectivity index (χ0v) is 11.0. The van der Waals surface area contributed by atoms with Crippen LogP contribution >= 0.6 is 11.6 Å². The van der Waals surface area contributed by atoms with E-state index in [1.54, 1.807) is 24.3 Å². The summed E-state index contributed by atoms with van der Waals surface area (Å²) in [5.74, 6) is -0.532. The predicted octanol–water partition coefficient (Wildman–Crippen LogP) is 4.01. The molecule has 0 spiro atoms. The summed E-state index contributed by atoms with van der Waals surface area (Å²) in [6.45, 7) is 1.47. The average molecular weight is 279 g/mol. The molecule has 2 aromatic carbocycles. The maximum atomic E-state index is 13.0. The van der Waals surface area contributed by atoms with Crippen LogP contribution in [-0.4, -0.2) is 5.78 Å². The standard InChI is InChI=1S/C14H12ClFN2O/c1-8(19)9-2-5-14(13(17)6-9)18-10-3-4-12(16)11(15)7-10/h2-7,18H,17H2,1H3. The molecule has 3 N–H and O–H groups in total. The van der Waals surface area contributed by atoms with E-state index in [1.165, 1.54) is 19.1 Å². The van der Waals surface area contributed by atoms with Gasteiger partial charge in [0, 0.05) is 11.3 Å². The topological polar surface area (TPSA) is 55.1 Å². The van der Waals surface area contributed by atoms with Gasteiger partial charge in [-0.15, -0.1) is 0 Å². The van der Waals surface area contributed by atoms with Crippen LogP contribution in [0.5, 0.6) is 0 Å².